The van der Waals surface area contributed by atoms with E-state index in [9.17, 15) is 4.79 Å². The summed E-state index contributed by atoms with van der Waals surface area (Å²) < 4.78 is 11.3. The minimum atomic E-state index is -0.166. The highest BCUT2D eigenvalue weighted by molar-refractivity contribution is 5.93. The molecule has 1 aromatic carbocycles. The number of benzene rings is 1. The molecule has 2 heterocycles. The molecule has 0 radical (unpaired) electrons. The monoisotopic (exact) mass is 406 g/mol. The standard InChI is InChI=1S/C25H30N2O3/c1-17-15-22(25(3,4)5)30-23(17)24(28)27(16-19-11-13-26-14-12-19)18(2)20-7-9-21(29-6)10-8-20/h7-15,18H,16H2,1-6H3. The first-order chi connectivity index (χ1) is 14.2. The maximum absolute atomic E-state index is 13.6. The Morgan fingerprint density at radius 2 is 1.77 bits per heavy atom. The number of aromatic nitrogens is 1. The molecule has 1 unspecified atom stereocenters. The molecule has 30 heavy (non-hydrogen) atoms. The number of aryl methyl sites for hydroxylation is 1. The van der Waals surface area contributed by atoms with Gasteiger partial charge in [-0.05, 0) is 55.3 Å². The fourth-order valence-corrected chi connectivity index (χ4v) is 3.33. The first kappa shape index (κ1) is 21.6. The number of carbonyl (C=O) groups excluding carboxylic acids is 1. The molecule has 1 atom stereocenters. The molecule has 1 amide bonds. The van der Waals surface area contributed by atoms with E-state index >= 15 is 0 Å². The molecule has 3 aromatic rings. The number of hydrogen-bond donors (Lipinski definition) is 0. The fourth-order valence-electron chi connectivity index (χ4n) is 3.33. The van der Waals surface area contributed by atoms with Crippen molar-refractivity contribution in [3.8, 4) is 5.75 Å². The second kappa shape index (κ2) is 8.74. The van der Waals surface area contributed by atoms with Gasteiger partial charge in [-0.25, -0.2) is 0 Å². The molecule has 0 aliphatic heterocycles. The number of methoxy groups -OCH3 is 1. The topological polar surface area (TPSA) is 55.6 Å². The van der Waals surface area contributed by atoms with E-state index in [1.807, 2.05) is 61.2 Å². The lowest BCUT2D eigenvalue weighted by Crippen LogP contribution is -2.33. The van der Waals surface area contributed by atoms with Crippen molar-refractivity contribution in [3.05, 3.63) is 83.1 Å². The van der Waals surface area contributed by atoms with Crippen LogP contribution < -0.4 is 4.74 Å². The van der Waals surface area contributed by atoms with E-state index < -0.39 is 0 Å². The number of rotatable bonds is 6. The minimum absolute atomic E-state index is 0.122. The quantitative estimate of drug-likeness (QED) is 0.527. The molecule has 0 aliphatic rings. The molecule has 0 saturated carbocycles. The number of nitrogens with zero attached hydrogens (tertiary/aromatic N) is 2. The van der Waals surface area contributed by atoms with Gasteiger partial charge in [0.25, 0.3) is 5.91 Å². The van der Waals surface area contributed by atoms with Crippen LogP contribution in [0.5, 0.6) is 5.75 Å². The largest absolute Gasteiger partial charge is 0.497 e. The minimum Gasteiger partial charge on any atom is -0.497 e. The van der Waals surface area contributed by atoms with Crippen LogP contribution in [-0.4, -0.2) is 22.9 Å². The van der Waals surface area contributed by atoms with Gasteiger partial charge in [0, 0.05) is 29.9 Å². The number of pyridine rings is 1. The number of furan rings is 1. The van der Waals surface area contributed by atoms with Gasteiger partial charge in [0.15, 0.2) is 5.76 Å². The highest BCUT2D eigenvalue weighted by Crippen LogP contribution is 2.31. The zero-order valence-electron chi connectivity index (χ0n) is 18.6. The summed E-state index contributed by atoms with van der Waals surface area (Å²) in [4.78, 5) is 19.6. The molecule has 0 N–H and O–H groups in total. The van der Waals surface area contributed by atoms with Crippen molar-refractivity contribution in [2.75, 3.05) is 7.11 Å². The Morgan fingerprint density at radius 3 is 2.30 bits per heavy atom. The van der Waals surface area contributed by atoms with Crippen molar-refractivity contribution in [1.82, 2.24) is 9.88 Å². The Kier molecular flexibility index (Phi) is 6.30. The number of carbonyl (C=O) groups is 1. The van der Waals surface area contributed by atoms with Gasteiger partial charge in [0.1, 0.15) is 11.5 Å². The van der Waals surface area contributed by atoms with E-state index in [0.717, 1.165) is 28.2 Å². The van der Waals surface area contributed by atoms with Crippen molar-refractivity contribution in [1.29, 1.82) is 0 Å². The van der Waals surface area contributed by atoms with Gasteiger partial charge in [-0.1, -0.05) is 32.9 Å². The van der Waals surface area contributed by atoms with Gasteiger partial charge in [-0.2, -0.15) is 0 Å². The zero-order valence-corrected chi connectivity index (χ0v) is 18.6. The van der Waals surface area contributed by atoms with Crippen LogP contribution in [0.2, 0.25) is 0 Å². The van der Waals surface area contributed by atoms with Crippen LogP contribution in [-0.2, 0) is 12.0 Å². The lowest BCUT2D eigenvalue weighted by Gasteiger charge is -2.29. The van der Waals surface area contributed by atoms with Crippen molar-refractivity contribution in [3.63, 3.8) is 0 Å². The molecule has 0 fully saturated rings. The van der Waals surface area contributed by atoms with Gasteiger partial charge in [0.05, 0.1) is 13.2 Å². The normalized spacial score (nSPS) is 12.5. The summed E-state index contributed by atoms with van der Waals surface area (Å²) in [7, 11) is 1.64. The predicted molar refractivity (Wildman–Crippen MR) is 118 cm³/mol. The molecular weight excluding hydrogens is 376 g/mol. The third kappa shape index (κ3) is 4.73. The molecule has 158 valence electrons. The average molecular weight is 407 g/mol. The zero-order chi connectivity index (χ0) is 21.9. The molecule has 0 aliphatic carbocycles. The van der Waals surface area contributed by atoms with Gasteiger partial charge >= 0.3 is 0 Å². The first-order valence-corrected chi connectivity index (χ1v) is 10.2. The molecule has 2 aromatic heterocycles. The van der Waals surface area contributed by atoms with E-state index in [0.29, 0.717) is 12.3 Å². The molecular formula is C25H30N2O3. The third-order valence-electron chi connectivity index (χ3n) is 5.28. The van der Waals surface area contributed by atoms with Crippen LogP contribution in [0.25, 0.3) is 0 Å². The van der Waals surface area contributed by atoms with Crippen LogP contribution in [0.4, 0.5) is 0 Å². The smallest absolute Gasteiger partial charge is 0.290 e. The van der Waals surface area contributed by atoms with E-state index in [1.54, 1.807) is 19.5 Å². The molecule has 0 saturated heterocycles. The second-order valence-corrected chi connectivity index (χ2v) is 8.61. The Bertz CT molecular complexity index is 985. The van der Waals surface area contributed by atoms with Crippen molar-refractivity contribution in [2.45, 2.75) is 52.6 Å². The summed E-state index contributed by atoms with van der Waals surface area (Å²) in [6, 6.07) is 13.5. The fraction of sp³-hybridized carbons (Fsp3) is 0.360. The number of hydrogen-bond acceptors (Lipinski definition) is 4. The molecule has 5 nitrogen and oxygen atoms in total. The van der Waals surface area contributed by atoms with Crippen LogP contribution in [0.3, 0.4) is 0 Å². The van der Waals surface area contributed by atoms with E-state index in [4.69, 9.17) is 9.15 Å². The molecule has 0 spiro atoms. The Hall–Kier alpha value is -3.08. The molecule has 5 heteroatoms. The summed E-state index contributed by atoms with van der Waals surface area (Å²) in [5.41, 5.74) is 2.73. The van der Waals surface area contributed by atoms with Crippen LogP contribution in [0.15, 0.2) is 59.3 Å². The lowest BCUT2D eigenvalue weighted by atomic mass is 9.93. The van der Waals surface area contributed by atoms with E-state index in [2.05, 4.69) is 25.8 Å². The summed E-state index contributed by atoms with van der Waals surface area (Å²) in [5, 5.41) is 0. The van der Waals surface area contributed by atoms with Gasteiger partial charge in [-0.15, -0.1) is 0 Å². The lowest BCUT2D eigenvalue weighted by molar-refractivity contribution is 0.0636. The van der Waals surface area contributed by atoms with Crippen LogP contribution in [0, 0.1) is 6.92 Å². The van der Waals surface area contributed by atoms with Gasteiger partial charge in [0.2, 0.25) is 0 Å². The summed E-state index contributed by atoms with van der Waals surface area (Å²) in [6.07, 6.45) is 3.48. The van der Waals surface area contributed by atoms with Crippen LogP contribution in [0.1, 0.15) is 66.7 Å². The molecule has 3 rings (SSSR count). The maximum atomic E-state index is 13.6. The van der Waals surface area contributed by atoms with Crippen molar-refractivity contribution < 1.29 is 13.9 Å². The number of amides is 1. The van der Waals surface area contributed by atoms with Crippen LogP contribution >= 0.6 is 0 Å². The highest BCUT2D eigenvalue weighted by atomic mass is 16.5. The third-order valence-corrected chi connectivity index (χ3v) is 5.28. The summed E-state index contributed by atoms with van der Waals surface area (Å²) >= 11 is 0. The molecule has 0 bridgehead atoms. The first-order valence-electron chi connectivity index (χ1n) is 10.2. The van der Waals surface area contributed by atoms with E-state index in [-0.39, 0.29) is 17.4 Å². The Labute approximate surface area is 178 Å². The summed E-state index contributed by atoms with van der Waals surface area (Å²) in [6.45, 7) is 10.6. The summed E-state index contributed by atoms with van der Waals surface area (Å²) in [5.74, 6) is 1.87. The van der Waals surface area contributed by atoms with Gasteiger partial charge < -0.3 is 14.1 Å². The van der Waals surface area contributed by atoms with Gasteiger partial charge in [-0.3, -0.25) is 9.78 Å². The second-order valence-electron chi connectivity index (χ2n) is 8.61. The maximum Gasteiger partial charge on any atom is 0.290 e. The van der Waals surface area contributed by atoms with Crippen molar-refractivity contribution >= 4 is 5.91 Å². The van der Waals surface area contributed by atoms with E-state index in [1.165, 1.54) is 0 Å². The Balaban J connectivity index is 1.98. The SMILES string of the molecule is COc1ccc(C(C)N(Cc2ccncc2)C(=O)c2oc(C(C)(C)C)cc2C)cc1. The highest BCUT2D eigenvalue weighted by Gasteiger charge is 2.29. The Morgan fingerprint density at radius 1 is 1.13 bits per heavy atom. The number of ether oxygens (including phenoxy) is 1. The average Bonchev–Trinajstić information content (AvgIpc) is 3.14. The predicted octanol–water partition coefficient (Wildman–Crippen LogP) is 5.69. The van der Waals surface area contributed by atoms with Crippen molar-refractivity contribution in [2.24, 2.45) is 0 Å².